The number of hydrogen-bond donors (Lipinski definition) is 1. The zero-order chi connectivity index (χ0) is 19.9. The van der Waals surface area contributed by atoms with Gasteiger partial charge in [0.1, 0.15) is 5.75 Å². The third-order valence-corrected chi connectivity index (χ3v) is 5.31. The monoisotopic (exact) mass is 380 g/mol. The second kappa shape index (κ2) is 9.40. The predicted molar refractivity (Wildman–Crippen MR) is 110 cm³/mol. The average molecular weight is 380 g/mol. The minimum absolute atomic E-state index is 0.00979. The average Bonchev–Trinajstić information content (AvgIpc) is 2.74. The Bertz CT molecular complexity index is 826. The lowest BCUT2D eigenvalue weighted by molar-refractivity contribution is 0.0697. The van der Waals surface area contributed by atoms with Crippen molar-refractivity contribution in [2.45, 2.75) is 26.2 Å². The van der Waals surface area contributed by atoms with E-state index in [0.717, 1.165) is 37.2 Å². The van der Waals surface area contributed by atoms with Crippen molar-refractivity contribution < 1.29 is 14.3 Å². The van der Waals surface area contributed by atoms with Crippen LogP contribution in [0.15, 0.2) is 48.5 Å². The van der Waals surface area contributed by atoms with Crippen molar-refractivity contribution in [1.29, 1.82) is 0 Å². The van der Waals surface area contributed by atoms with Crippen molar-refractivity contribution in [3.05, 3.63) is 65.2 Å². The van der Waals surface area contributed by atoms with E-state index in [1.807, 2.05) is 29.2 Å². The lowest BCUT2D eigenvalue weighted by atomic mass is 9.98. The van der Waals surface area contributed by atoms with Crippen LogP contribution >= 0.6 is 0 Å². The molecule has 1 aliphatic heterocycles. The summed E-state index contributed by atoms with van der Waals surface area (Å²) in [6.45, 7) is 4.30. The van der Waals surface area contributed by atoms with Crippen molar-refractivity contribution >= 4 is 11.8 Å². The van der Waals surface area contributed by atoms with E-state index in [4.69, 9.17) is 4.74 Å². The Balaban J connectivity index is 1.58. The molecule has 28 heavy (non-hydrogen) atoms. The van der Waals surface area contributed by atoms with Crippen molar-refractivity contribution in [3.63, 3.8) is 0 Å². The lowest BCUT2D eigenvalue weighted by Crippen LogP contribution is -2.38. The molecule has 5 heteroatoms. The number of benzene rings is 2. The van der Waals surface area contributed by atoms with E-state index in [9.17, 15) is 9.59 Å². The van der Waals surface area contributed by atoms with E-state index >= 15 is 0 Å². The number of carbonyl (C=O) groups excluding carboxylic acids is 2. The molecule has 0 atom stereocenters. The normalized spacial score (nSPS) is 14.6. The van der Waals surface area contributed by atoms with Gasteiger partial charge in [0.2, 0.25) is 0 Å². The fraction of sp³-hybridized carbons (Fsp3) is 0.391. The van der Waals surface area contributed by atoms with E-state index < -0.39 is 0 Å². The minimum atomic E-state index is -0.170. The second-order valence-corrected chi connectivity index (χ2v) is 7.37. The Morgan fingerprint density at radius 3 is 2.54 bits per heavy atom. The number of hydrogen-bond acceptors (Lipinski definition) is 3. The number of nitrogens with zero attached hydrogens (tertiary/aromatic N) is 1. The second-order valence-electron chi connectivity index (χ2n) is 7.37. The maximum Gasteiger partial charge on any atom is 0.253 e. The first-order valence-corrected chi connectivity index (χ1v) is 9.88. The number of likely N-dealkylation sites (tertiary alicyclic amines) is 1. The molecule has 1 aliphatic rings. The summed E-state index contributed by atoms with van der Waals surface area (Å²) in [6, 6.07) is 14.8. The molecule has 0 saturated carbocycles. The standard InChI is InChI=1S/C23H28N2O3/c1-17-11-14-25(15-12-17)23(27)20-8-5-7-19(16-20)22(26)24-13-10-18-6-3-4-9-21(18)28-2/h3-9,16-17H,10-15H2,1-2H3,(H,24,26). The predicted octanol–water partition coefficient (Wildman–Crippen LogP) is 3.54. The maximum atomic E-state index is 12.7. The highest BCUT2D eigenvalue weighted by atomic mass is 16.5. The summed E-state index contributed by atoms with van der Waals surface area (Å²) in [5.41, 5.74) is 2.14. The molecule has 1 heterocycles. The molecule has 5 nitrogen and oxygen atoms in total. The van der Waals surface area contributed by atoms with Crippen LogP contribution in [0.3, 0.4) is 0 Å². The van der Waals surface area contributed by atoms with Crippen LogP contribution in [0.2, 0.25) is 0 Å². The third-order valence-electron chi connectivity index (χ3n) is 5.31. The molecule has 2 aromatic rings. The molecule has 1 fully saturated rings. The first-order valence-electron chi connectivity index (χ1n) is 9.88. The Kier molecular flexibility index (Phi) is 6.69. The molecule has 2 amide bonds. The number of rotatable bonds is 6. The summed E-state index contributed by atoms with van der Waals surface area (Å²) < 4.78 is 5.34. The zero-order valence-electron chi connectivity index (χ0n) is 16.6. The smallest absolute Gasteiger partial charge is 0.253 e. The largest absolute Gasteiger partial charge is 0.496 e. The van der Waals surface area contributed by atoms with E-state index in [-0.39, 0.29) is 11.8 Å². The third kappa shape index (κ3) is 4.91. The van der Waals surface area contributed by atoms with Gasteiger partial charge in [0.15, 0.2) is 0 Å². The number of methoxy groups -OCH3 is 1. The summed E-state index contributed by atoms with van der Waals surface area (Å²) >= 11 is 0. The number of carbonyl (C=O) groups is 2. The van der Waals surface area contributed by atoms with Crippen molar-refractivity contribution in [1.82, 2.24) is 10.2 Å². The van der Waals surface area contributed by atoms with Crippen LogP contribution < -0.4 is 10.1 Å². The molecular weight excluding hydrogens is 352 g/mol. The molecule has 0 unspecified atom stereocenters. The molecule has 0 bridgehead atoms. The summed E-state index contributed by atoms with van der Waals surface area (Å²) in [6.07, 6.45) is 2.75. The summed E-state index contributed by atoms with van der Waals surface area (Å²) in [5.74, 6) is 1.33. The van der Waals surface area contributed by atoms with Crippen molar-refractivity contribution in [2.24, 2.45) is 5.92 Å². The molecule has 1 N–H and O–H groups in total. The highest BCUT2D eigenvalue weighted by Gasteiger charge is 2.22. The topological polar surface area (TPSA) is 58.6 Å². The Morgan fingerprint density at radius 1 is 1.07 bits per heavy atom. The molecule has 1 saturated heterocycles. The van der Waals surface area contributed by atoms with Crippen LogP contribution in [-0.4, -0.2) is 43.5 Å². The Labute approximate surface area is 166 Å². The van der Waals surface area contributed by atoms with Gasteiger partial charge in [-0.05, 0) is 55.0 Å². The van der Waals surface area contributed by atoms with E-state index in [1.54, 1.807) is 31.4 Å². The highest BCUT2D eigenvalue weighted by Crippen LogP contribution is 2.19. The van der Waals surface area contributed by atoms with Crippen LogP contribution in [0.4, 0.5) is 0 Å². The van der Waals surface area contributed by atoms with E-state index in [1.165, 1.54) is 0 Å². The SMILES string of the molecule is COc1ccccc1CCNC(=O)c1cccc(C(=O)N2CCC(C)CC2)c1. The van der Waals surface area contributed by atoms with E-state index in [0.29, 0.717) is 30.0 Å². The molecule has 0 aliphatic carbocycles. The van der Waals surface area contributed by atoms with Crippen molar-refractivity contribution in [2.75, 3.05) is 26.7 Å². The van der Waals surface area contributed by atoms with Crippen LogP contribution in [0.1, 0.15) is 46.0 Å². The van der Waals surface area contributed by atoms with Gasteiger partial charge in [-0.1, -0.05) is 31.2 Å². The highest BCUT2D eigenvalue weighted by molar-refractivity contribution is 5.99. The van der Waals surface area contributed by atoms with Gasteiger partial charge < -0.3 is 15.0 Å². The minimum Gasteiger partial charge on any atom is -0.496 e. The van der Waals surface area contributed by atoms with E-state index in [2.05, 4.69) is 12.2 Å². The molecule has 148 valence electrons. The van der Waals surface area contributed by atoms with Gasteiger partial charge in [-0.15, -0.1) is 0 Å². The van der Waals surface area contributed by atoms with Crippen LogP contribution in [0.5, 0.6) is 5.75 Å². The molecule has 0 spiro atoms. The van der Waals surface area contributed by atoms with Crippen molar-refractivity contribution in [3.8, 4) is 5.75 Å². The quantitative estimate of drug-likeness (QED) is 0.834. The van der Waals surface area contributed by atoms with Gasteiger partial charge in [0, 0.05) is 30.8 Å². The summed E-state index contributed by atoms with van der Waals surface area (Å²) in [7, 11) is 1.64. The van der Waals surface area contributed by atoms with Crippen LogP contribution in [0.25, 0.3) is 0 Å². The molecule has 0 radical (unpaired) electrons. The molecule has 0 aromatic heterocycles. The number of piperidine rings is 1. The van der Waals surface area contributed by atoms with Crippen LogP contribution in [-0.2, 0) is 6.42 Å². The van der Waals surface area contributed by atoms with Gasteiger partial charge in [-0.2, -0.15) is 0 Å². The first kappa shape index (κ1) is 19.9. The lowest BCUT2D eigenvalue weighted by Gasteiger charge is -2.30. The number of para-hydroxylation sites is 1. The molecule has 3 rings (SSSR count). The Morgan fingerprint density at radius 2 is 1.79 bits per heavy atom. The van der Waals surface area contributed by atoms with Gasteiger partial charge in [-0.25, -0.2) is 0 Å². The van der Waals surface area contributed by atoms with Gasteiger partial charge in [0.05, 0.1) is 7.11 Å². The first-order chi connectivity index (χ1) is 13.6. The van der Waals surface area contributed by atoms with Gasteiger partial charge >= 0.3 is 0 Å². The number of amides is 2. The maximum absolute atomic E-state index is 12.7. The summed E-state index contributed by atoms with van der Waals surface area (Å²) in [4.78, 5) is 27.1. The molecular formula is C23H28N2O3. The summed E-state index contributed by atoms with van der Waals surface area (Å²) in [5, 5.41) is 2.93. The zero-order valence-corrected chi connectivity index (χ0v) is 16.6. The Hall–Kier alpha value is -2.82. The van der Waals surface area contributed by atoms with Gasteiger partial charge in [0.25, 0.3) is 11.8 Å². The number of ether oxygens (including phenoxy) is 1. The fourth-order valence-corrected chi connectivity index (χ4v) is 3.51. The number of nitrogens with one attached hydrogen (secondary N) is 1. The molecule has 2 aromatic carbocycles. The van der Waals surface area contributed by atoms with Gasteiger partial charge in [-0.3, -0.25) is 9.59 Å². The van der Waals surface area contributed by atoms with Crippen LogP contribution in [0, 0.1) is 5.92 Å². The fourth-order valence-electron chi connectivity index (χ4n) is 3.51.